The molecule has 1 amide bonds. The van der Waals surface area contributed by atoms with Crippen molar-refractivity contribution in [2.24, 2.45) is 4.99 Å². The largest absolute Gasteiger partial charge is 0.454 e. The molecule has 2 atom stereocenters. The summed E-state index contributed by atoms with van der Waals surface area (Å²) in [4.78, 5) is 19.0. The van der Waals surface area contributed by atoms with Crippen molar-refractivity contribution in [3.8, 4) is 11.5 Å². The van der Waals surface area contributed by atoms with Gasteiger partial charge in [-0.15, -0.1) is 0 Å². The number of aryl methyl sites for hydroxylation is 1. The summed E-state index contributed by atoms with van der Waals surface area (Å²) in [6, 6.07) is 13.0. The number of amides is 1. The van der Waals surface area contributed by atoms with Gasteiger partial charge >= 0.3 is 0 Å². The number of thioether (sulfide) groups is 1. The van der Waals surface area contributed by atoms with Crippen LogP contribution in [-0.2, 0) is 21.1 Å². The second-order valence-electron chi connectivity index (χ2n) is 7.66. The lowest BCUT2D eigenvalue weighted by Crippen LogP contribution is -2.37. The summed E-state index contributed by atoms with van der Waals surface area (Å²) < 4.78 is 35.3. The zero-order valence-electron chi connectivity index (χ0n) is 16.3. The number of fused-ring (bicyclic) bond motifs is 2. The van der Waals surface area contributed by atoms with Gasteiger partial charge in [-0.1, -0.05) is 41.6 Å². The molecule has 156 valence electrons. The number of carbonyl (C=O) groups is 1. The highest BCUT2D eigenvalue weighted by molar-refractivity contribution is 8.16. The maximum atomic E-state index is 12.7. The van der Waals surface area contributed by atoms with Gasteiger partial charge in [0, 0.05) is 17.0 Å². The van der Waals surface area contributed by atoms with Gasteiger partial charge in [0.25, 0.3) is 5.91 Å². The summed E-state index contributed by atoms with van der Waals surface area (Å²) in [5.41, 5.74) is 2.74. The molecule has 0 bridgehead atoms. The molecule has 5 rings (SSSR count). The summed E-state index contributed by atoms with van der Waals surface area (Å²) >= 11 is 1.37. The third-order valence-corrected chi connectivity index (χ3v) is 8.57. The highest BCUT2D eigenvalue weighted by atomic mass is 32.2. The first kappa shape index (κ1) is 19.4. The number of anilines is 1. The Morgan fingerprint density at radius 1 is 1.17 bits per heavy atom. The minimum Gasteiger partial charge on any atom is -0.454 e. The predicted molar refractivity (Wildman–Crippen MR) is 116 cm³/mol. The van der Waals surface area contributed by atoms with E-state index in [-0.39, 0.29) is 41.9 Å². The molecule has 3 aliphatic rings. The van der Waals surface area contributed by atoms with Crippen molar-refractivity contribution in [2.75, 3.05) is 23.2 Å². The lowest BCUT2D eigenvalue weighted by atomic mass is 10.1. The van der Waals surface area contributed by atoms with Crippen LogP contribution in [0.15, 0.2) is 47.5 Å². The minimum atomic E-state index is -3.12. The Balaban J connectivity index is 1.47. The van der Waals surface area contributed by atoms with Crippen LogP contribution in [0, 0.1) is 6.92 Å². The zero-order chi connectivity index (χ0) is 20.9. The van der Waals surface area contributed by atoms with Crippen molar-refractivity contribution >= 4 is 38.4 Å². The fourth-order valence-electron chi connectivity index (χ4n) is 4.04. The van der Waals surface area contributed by atoms with E-state index in [1.165, 1.54) is 11.8 Å². The van der Waals surface area contributed by atoms with E-state index < -0.39 is 9.84 Å². The van der Waals surface area contributed by atoms with Crippen LogP contribution in [-0.4, -0.2) is 49.1 Å². The Bertz CT molecular complexity index is 1160. The molecule has 0 spiro atoms. The molecule has 0 aliphatic carbocycles. The van der Waals surface area contributed by atoms with Crippen LogP contribution >= 0.6 is 11.8 Å². The fraction of sp³-hybridized carbons (Fsp3) is 0.333. The van der Waals surface area contributed by atoms with Gasteiger partial charge in [0.05, 0.1) is 24.0 Å². The van der Waals surface area contributed by atoms with E-state index in [2.05, 4.69) is 4.99 Å². The van der Waals surface area contributed by atoms with Crippen molar-refractivity contribution in [1.82, 2.24) is 0 Å². The van der Waals surface area contributed by atoms with Crippen LogP contribution in [0.5, 0.6) is 11.5 Å². The number of hydrogen-bond donors (Lipinski definition) is 0. The number of hydrogen-bond acceptors (Lipinski definition) is 6. The monoisotopic (exact) mass is 444 g/mol. The third-order valence-electron chi connectivity index (χ3n) is 5.36. The van der Waals surface area contributed by atoms with Crippen LogP contribution in [0.25, 0.3) is 0 Å². The molecule has 0 N–H and O–H groups in total. The van der Waals surface area contributed by atoms with Crippen molar-refractivity contribution in [1.29, 1.82) is 0 Å². The zero-order valence-corrected chi connectivity index (χ0v) is 17.9. The van der Waals surface area contributed by atoms with E-state index in [1.54, 1.807) is 6.07 Å². The average molecular weight is 445 g/mol. The van der Waals surface area contributed by atoms with Crippen LogP contribution in [0.3, 0.4) is 0 Å². The molecular weight excluding hydrogens is 424 g/mol. The van der Waals surface area contributed by atoms with E-state index in [0.717, 1.165) is 16.8 Å². The van der Waals surface area contributed by atoms with Gasteiger partial charge in [-0.3, -0.25) is 4.79 Å². The number of nitrogens with zero attached hydrogens (tertiary/aromatic N) is 2. The molecule has 3 heterocycles. The molecule has 0 aromatic heterocycles. The van der Waals surface area contributed by atoms with Gasteiger partial charge in [0.1, 0.15) is 0 Å². The summed E-state index contributed by atoms with van der Waals surface area (Å²) in [5.74, 6) is 1.14. The highest BCUT2D eigenvalue weighted by Crippen LogP contribution is 2.43. The molecule has 9 heteroatoms. The molecule has 0 unspecified atom stereocenters. The first-order valence-corrected chi connectivity index (χ1v) is 12.3. The fourth-order valence-corrected chi connectivity index (χ4v) is 7.98. The Hall–Kier alpha value is -2.52. The lowest BCUT2D eigenvalue weighted by Gasteiger charge is -2.24. The van der Waals surface area contributed by atoms with Crippen LogP contribution < -0.4 is 14.4 Å². The number of aliphatic imine (C=N–C) groups is 1. The molecular formula is C21H20N2O5S2. The number of sulfone groups is 1. The SMILES string of the molecule is Cc1cccc(CC(=O)N=C2S[C@@H]3CS(=O)(=O)C[C@H]3N2c2ccc3c(c2)OCO3)c1. The topological polar surface area (TPSA) is 85.3 Å². The van der Waals surface area contributed by atoms with E-state index in [9.17, 15) is 13.2 Å². The van der Waals surface area contributed by atoms with Crippen molar-refractivity contribution < 1.29 is 22.7 Å². The summed E-state index contributed by atoms with van der Waals surface area (Å²) in [7, 11) is -3.12. The Morgan fingerprint density at radius 2 is 2.00 bits per heavy atom. The number of carbonyl (C=O) groups excluding carboxylic acids is 1. The first-order valence-electron chi connectivity index (χ1n) is 9.61. The van der Waals surface area contributed by atoms with Gasteiger partial charge in [0.15, 0.2) is 26.5 Å². The van der Waals surface area contributed by atoms with Crippen LogP contribution in [0.4, 0.5) is 5.69 Å². The molecule has 0 saturated carbocycles. The molecule has 0 radical (unpaired) electrons. The predicted octanol–water partition coefficient (Wildman–Crippen LogP) is 2.57. The summed E-state index contributed by atoms with van der Waals surface area (Å²) in [6.45, 7) is 2.14. The minimum absolute atomic E-state index is 0.0458. The Labute approximate surface area is 179 Å². The average Bonchev–Trinajstić information content (AvgIpc) is 3.32. The van der Waals surface area contributed by atoms with Crippen molar-refractivity contribution in [3.63, 3.8) is 0 Å². The Morgan fingerprint density at radius 3 is 2.83 bits per heavy atom. The van der Waals surface area contributed by atoms with Crippen LogP contribution in [0.2, 0.25) is 0 Å². The van der Waals surface area contributed by atoms with Crippen LogP contribution in [0.1, 0.15) is 11.1 Å². The molecule has 3 aliphatic heterocycles. The van der Waals surface area contributed by atoms with E-state index in [0.29, 0.717) is 16.7 Å². The number of rotatable bonds is 3. The summed E-state index contributed by atoms with van der Waals surface area (Å²) in [6.07, 6.45) is 0.203. The molecule has 7 nitrogen and oxygen atoms in total. The lowest BCUT2D eigenvalue weighted by molar-refractivity contribution is -0.117. The second kappa shape index (κ2) is 7.31. The number of benzene rings is 2. The molecule has 30 heavy (non-hydrogen) atoms. The normalized spacial score (nSPS) is 25.0. The van der Waals surface area contributed by atoms with Gasteiger partial charge in [0.2, 0.25) is 6.79 Å². The quantitative estimate of drug-likeness (QED) is 0.719. The third kappa shape index (κ3) is 3.67. The van der Waals surface area contributed by atoms with Gasteiger partial charge in [-0.25, -0.2) is 8.42 Å². The molecule has 2 fully saturated rings. The van der Waals surface area contributed by atoms with E-state index in [4.69, 9.17) is 9.47 Å². The van der Waals surface area contributed by atoms with Gasteiger partial charge in [-0.2, -0.15) is 4.99 Å². The molecule has 2 saturated heterocycles. The maximum absolute atomic E-state index is 12.7. The smallest absolute Gasteiger partial charge is 0.252 e. The number of ether oxygens (including phenoxy) is 2. The molecule has 2 aromatic rings. The second-order valence-corrected chi connectivity index (χ2v) is 11.0. The highest BCUT2D eigenvalue weighted by Gasteiger charge is 2.49. The van der Waals surface area contributed by atoms with Gasteiger partial charge < -0.3 is 14.4 Å². The standard InChI is InChI=1S/C21H20N2O5S2/c1-13-3-2-4-14(7-13)8-20(24)22-21-23(16-10-30(25,26)11-19(16)29-21)15-5-6-17-18(9-15)28-12-27-17/h2-7,9,16,19H,8,10-12H2,1H3/t16-,19-/m1/s1. The van der Waals surface area contributed by atoms with E-state index >= 15 is 0 Å². The number of amidine groups is 1. The van der Waals surface area contributed by atoms with Gasteiger partial charge in [-0.05, 0) is 24.6 Å². The van der Waals surface area contributed by atoms with Crippen molar-refractivity contribution in [2.45, 2.75) is 24.6 Å². The van der Waals surface area contributed by atoms with E-state index in [1.807, 2.05) is 48.2 Å². The summed E-state index contributed by atoms with van der Waals surface area (Å²) in [5, 5.41) is 0.391. The van der Waals surface area contributed by atoms with Crippen molar-refractivity contribution in [3.05, 3.63) is 53.6 Å². The maximum Gasteiger partial charge on any atom is 0.252 e. The Kier molecular flexibility index (Phi) is 4.74. The molecule has 2 aromatic carbocycles. The first-order chi connectivity index (χ1) is 14.4.